The Labute approximate surface area is 167 Å². The van der Waals surface area contributed by atoms with Gasteiger partial charge in [0.05, 0.1) is 5.56 Å². The Kier molecular flexibility index (Phi) is 5.26. The highest BCUT2D eigenvalue weighted by molar-refractivity contribution is 6.12. The number of benzene rings is 2. The summed E-state index contributed by atoms with van der Waals surface area (Å²) >= 11 is 0. The molecule has 0 aliphatic carbocycles. The Balaban J connectivity index is 1.44. The minimum absolute atomic E-state index is 0.00444. The van der Waals surface area contributed by atoms with Crippen molar-refractivity contribution < 1.29 is 14.0 Å². The summed E-state index contributed by atoms with van der Waals surface area (Å²) in [6, 6.07) is 11.4. The van der Waals surface area contributed by atoms with Crippen LogP contribution in [-0.4, -0.2) is 64.6 Å². The van der Waals surface area contributed by atoms with E-state index >= 15 is 0 Å². The molecule has 1 aromatic heterocycles. The Hall–Kier alpha value is -3.26. The molecular weight excluding hydrogens is 373 g/mol. The van der Waals surface area contributed by atoms with Crippen LogP contribution in [0.3, 0.4) is 0 Å². The number of carbonyl (C=O) groups is 2. The Morgan fingerprint density at radius 2 is 1.86 bits per heavy atom. The Bertz CT molecular complexity index is 1060. The summed E-state index contributed by atoms with van der Waals surface area (Å²) in [4.78, 5) is 29.1. The zero-order chi connectivity index (χ0) is 20.4. The predicted molar refractivity (Wildman–Crippen MR) is 108 cm³/mol. The first kappa shape index (κ1) is 19.1. The number of nitrogens with zero attached hydrogens (tertiary/aromatic N) is 4. The molecule has 7 nitrogen and oxygen atoms in total. The summed E-state index contributed by atoms with van der Waals surface area (Å²) in [7, 11) is 2.03. The van der Waals surface area contributed by atoms with Gasteiger partial charge in [-0.1, -0.05) is 24.3 Å². The fourth-order valence-electron chi connectivity index (χ4n) is 3.46. The number of aromatic nitrogens is 2. The van der Waals surface area contributed by atoms with Gasteiger partial charge in [0.15, 0.2) is 5.82 Å². The average Bonchev–Trinajstić information content (AvgIpc) is 3.14. The number of anilines is 1. The maximum atomic E-state index is 13.9. The first-order valence-corrected chi connectivity index (χ1v) is 9.49. The second kappa shape index (κ2) is 8.00. The van der Waals surface area contributed by atoms with Crippen molar-refractivity contribution in [2.24, 2.45) is 0 Å². The van der Waals surface area contributed by atoms with Crippen molar-refractivity contribution in [2.45, 2.75) is 6.54 Å². The molecule has 0 unspecified atom stereocenters. The third-order valence-corrected chi connectivity index (χ3v) is 5.11. The van der Waals surface area contributed by atoms with Gasteiger partial charge in [0, 0.05) is 38.4 Å². The van der Waals surface area contributed by atoms with Crippen molar-refractivity contribution in [3.8, 4) is 0 Å². The lowest BCUT2D eigenvalue weighted by Gasteiger charge is -2.32. The van der Waals surface area contributed by atoms with Crippen molar-refractivity contribution in [2.75, 3.05) is 38.5 Å². The number of amides is 2. The first-order valence-electron chi connectivity index (χ1n) is 9.49. The van der Waals surface area contributed by atoms with Crippen LogP contribution in [-0.2, 0) is 11.3 Å². The van der Waals surface area contributed by atoms with Gasteiger partial charge in [0.1, 0.15) is 12.4 Å². The van der Waals surface area contributed by atoms with Gasteiger partial charge in [-0.05, 0) is 30.0 Å². The molecule has 8 heteroatoms. The zero-order valence-corrected chi connectivity index (χ0v) is 16.1. The quantitative estimate of drug-likeness (QED) is 0.735. The van der Waals surface area contributed by atoms with Gasteiger partial charge in [0.25, 0.3) is 5.91 Å². The molecule has 1 aliphatic heterocycles. The minimum atomic E-state index is -0.475. The standard InChI is InChI=1S/C21H22FN5O2/c1-25-8-10-26(11-9-25)20(28)14-27-7-6-19(24-27)23-21(29)18-13-16(22)12-15-4-2-3-5-17(15)18/h2-7,12-13H,8-11,14H2,1H3,(H,23,24,29). The number of hydrogen-bond donors (Lipinski definition) is 1. The Morgan fingerprint density at radius 1 is 1.10 bits per heavy atom. The van der Waals surface area contributed by atoms with Crippen LogP contribution >= 0.6 is 0 Å². The lowest BCUT2D eigenvalue weighted by Crippen LogP contribution is -2.48. The number of fused-ring (bicyclic) bond motifs is 1. The SMILES string of the molecule is CN1CCN(C(=O)Cn2ccc(NC(=O)c3cc(F)cc4ccccc34)n2)CC1. The minimum Gasteiger partial charge on any atom is -0.339 e. The van der Waals surface area contributed by atoms with Crippen LogP contribution in [0.25, 0.3) is 10.8 Å². The van der Waals surface area contributed by atoms with Gasteiger partial charge < -0.3 is 15.1 Å². The smallest absolute Gasteiger partial charge is 0.257 e. The fraction of sp³-hybridized carbons (Fsp3) is 0.286. The molecule has 29 heavy (non-hydrogen) atoms. The molecule has 2 heterocycles. The van der Waals surface area contributed by atoms with Crippen molar-refractivity contribution in [1.29, 1.82) is 0 Å². The molecule has 0 atom stereocenters. The van der Waals surface area contributed by atoms with Crippen LogP contribution in [0.4, 0.5) is 10.2 Å². The molecule has 3 aromatic rings. The van der Waals surface area contributed by atoms with E-state index in [2.05, 4.69) is 15.3 Å². The predicted octanol–water partition coefficient (Wildman–Crippen LogP) is 2.20. The van der Waals surface area contributed by atoms with E-state index in [4.69, 9.17) is 0 Å². The highest BCUT2D eigenvalue weighted by atomic mass is 19.1. The van der Waals surface area contributed by atoms with E-state index in [-0.39, 0.29) is 18.0 Å². The molecular formula is C21H22FN5O2. The van der Waals surface area contributed by atoms with Crippen LogP contribution in [0, 0.1) is 5.82 Å². The number of halogens is 1. The van der Waals surface area contributed by atoms with Gasteiger partial charge >= 0.3 is 0 Å². The molecule has 1 N–H and O–H groups in total. The number of carbonyl (C=O) groups excluding carboxylic acids is 2. The topological polar surface area (TPSA) is 70.5 Å². The van der Waals surface area contributed by atoms with Gasteiger partial charge in [0.2, 0.25) is 5.91 Å². The van der Waals surface area contributed by atoms with Crippen LogP contribution in [0.2, 0.25) is 0 Å². The summed E-state index contributed by atoms with van der Waals surface area (Å²) in [5, 5.41) is 8.27. The van der Waals surface area contributed by atoms with E-state index in [1.165, 1.54) is 16.8 Å². The third kappa shape index (κ3) is 4.27. The van der Waals surface area contributed by atoms with Crippen molar-refractivity contribution in [3.63, 3.8) is 0 Å². The molecule has 0 spiro atoms. The summed E-state index contributed by atoms with van der Waals surface area (Å²) in [5.74, 6) is -0.613. The monoisotopic (exact) mass is 395 g/mol. The molecule has 150 valence electrons. The van der Waals surface area contributed by atoms with Crippen molar-refractivity contribution in [3.05, 3.63) is 60.0 Å². The molecule has 1 fully saturated rings. The van der Waals surface area contributed by atoms with Gasteiger partial charge in [-0.3, -0.25) is 14.3 Å². The number of hydrogen-bond acceptors (Lipinski definition) is 4. The summed E-state index contributed by atoms with van der Waals surface area (Å²) in [6.07, 6.45) is 1.65. The van der Waals surface area contributed by atoms with E-state index in [9.17, 15) is 14.0 Å². The molecule has 0 radical (unpaired) electrons. The second-order valence-corrected chi connectivity index (χ2v) is 7.21. The summed E-state index contributed by atoms with van der Waals surface area (Å²) < 4.78 is 15.4. The molecule has 0 bridgehead atoms. The maximum absolute atomic E-state index is 13.9. The molecule has 2 aromatic carbocycles. The van der Waals surface area contributed by atoms with E-state index < -0.39 is 11.7 Å². The van der Waals surface area contributed by atoms with Crippen molar-refractivity contribution >= 4 is 28.4 Å². The average molecular weight is 395 g/mol. The lowest BCUT2D eigenvalue weighted by molar-refractivity contribution is -0.133. The molecule has 4 rings (SSSR count). The van der Waals surface area contributed by atoms with Gasteiger partial charge in [-0.15, -0.1) is 0 Å². The van der Waals surface area contributed by atoms with E-state index in [0.717, 1.165) is 13.1 Å². The summed E-state index contributed by atoms with van der Waals surface area (Å²) in [6.45, 7) is 3.23. The van der Waals surface area contributed by atoms with Crippen LogP contribution in [0.15, 0.2) is 48.7 Å². The van der Waals surface area contributed by atoms with E-state index in [1.807, 2.05) is 11.9 Å². The van der Waals surface area contributed by atoms with Gasteiger partial charge in [-0.25, -0.2) is 4.39 Å². The first-order chi connectivity index (χ1) is 14.0. The highest BCUT2D eigenvalue weighted by Crippen LogP contribution is 2.21. The highest BCUT2D eigenvalue weighted by Gasteiger charge is 2.20. The maximum Gasteiger partial charge on any atom is 0.257 e. The number of nitrogens with one attached hydrogen (secondary N) is 1. The normalized spacial score (nSPS) is 14.9. The van der Waals surface area contributed by atoms with Crippen LogP contribution in [0.5, 0.6) is 0 Å². The summed E-state index contributed by atoms with van der Waals surface area (Å²) in [5.41, 5.74) is 0.240. The van der Waals surface area contributed by atoms with E-state index in [1.54, 1.807) is 36.5 Å². The van der Waals surface area contributed by atoms with Crippen molar-refractivity contribution in [1.82, 2.24) is 19.6 Å². The lowest BCUT2D eigenvalue weighted by atomic mass is 10.0. The van der Waals surface area contributed by atoms with Crippen LogP contribution in [0.1, 0.15) is 10.4 Å². The molecule has 1 saturated heterocycles. The number of piperazine rings is 1. The number of rotatable bonds is 4. The third-order valence-electron chi connectivity index (χ3n) is 5.11. The van der Waals surface area contributed by atoms with Crippen LogP contribution < -0.4 is 5.32 Å². The number of likely N-dealkylation sites (N-methyl/N-ethyl adjacent to an activating group) is 1. The van der Waals surface area contributed by atoms with Gasteiger partial charge in [-0.2, -0.15) is 5.10 Å². The second-order valence-electron chi connectivity index (χ2n) is 7.21. The Morgan fingerprint density at radius 3 is 2.66 bits per heavy atom. The molecule has 0 saturated carbocycles. The molecule has 2 amide bonds. The van der Waals surface area contributed by atoms with E-state index in [0.29, 0.717) is 29.7 Å². The largest absolute Gasteiger partial charge is 0.339 e. The fourth-order valence-corrected chi connectivity index (χ4v) is 3.46. The zero-order valence-electron chi connectivity index (χ0n) is 16.1. The molecule has 1 aliphatic rings.